The van der Waals surface area contributed by atoms with E-state index in [1.54, 1.807) is 19.0 Å². The molecule has 2 aromatic heterocycles. The lowest BCUT2D eigenvalue weighted by atomic mass is 9.98. The van der Waals surface area contributed by atoms with Crippen molar-refractivity contribution in [2.24, 2.45) is 0 Å². The number of benzene rings is 2. The molecule has 1 amide bonds. The number of anilines is 1. The third-order valence-electron chi connectivity index (χ3n) is 6.81. The zero-order chi connectivity index (χ0) is 23.7. The summed E-state index contributed by atoms with van der Waals surface area (Å²) in [7, 11) is 5.64. The van der Waals surface area contributed by atoms with Crippen LogP contribution in [0.5, 0.6) is 0 Å². The molecule has 0 N–H and O–H groups in total. The molecule has 34 heavy (non-hydrogen) atoms. The molecule has 4 aromatic rings. The van der Waals surface area contributed by atoms with Gasteiger partial charge in [0.15, 0.2) is 0 Å². The smallest absolute Gasteiger partial charge is 0.270 e. The Kier molecular flexibility index (Phi) is 6.05. The first kappa shape index (κ1) is 22.1. The lowest BCUT2D eigenvalue weighted by Crippen LogP contribution is -2.27. The van der Waals surface area contributed by atoms with Crippen LogP contribution in [0.15, 0.2) is 72.9 Å². The number of fused-ring (bicyclic) bond motifs is 1. The molecule has 1 fully saturated rings. The van der Waals surface area contributed by atoms with Gasteiger partial charge in [0, 0.05) is 38.8 Å². The van der Waals surface area contributed by atoms with E-state index in [9.17, 15) is 4.79 Å². The summed E-state index contributed by atoms with van der Waals surface area (Å²) in [5.41, 5.74) is 3.89. The second-order valence-corrected chi connectivity index (χ2v) is 9.32. The average Bonchev–Trinajstić information content (AvgIpc) is 3.52. The molecule has 5 rings (SSSR count). The maximum atomic E-state index is 13.0. The average molecular weight is 454 g/mol. The van der Waals surface area contributed by atoms with Crippen LogP contribution in [0.1, 0.15) is 59.4 Å². The predicted octanol–water partition coefficient (Wildman–Crippen LogP) is 5.47. The van der Waals surface area contributed by atoms with Crippen LogP contribution in [0, 0.1) is 0 Å². The van der Waals surface area contributed by atoms with Crippen LogP contribution in [-0.2, 0) is 0 Å². The van der Waals surface area contributed by atoms with Gasteiger partial charge < -0.3 is 14.4 Å². The predicted molar refractivity (Wildman–Crippen MR) is 136 cm³/mol. The van der Waals surface area contributed by atoms with Crippen LogP contribution in [0.4, 0.5) is 5.95 Å². The number of carbonyl (C=O) groups excluding carboxylic acids is 1. The highest BCUT2D eigenvalue weighted by molar-refractivity contribution is 5.97. The Morgan fingerprint density at radius 2 is 1.53 bits per heavy atom. The normalized spacial score (nSPS) is 14.1. The first-order valence-electron chi connectivity index (χ1n) is 12.0. The number of amides is 1. The van der Waals surface area contributed by atoms with Crippen molar-refractivity contribution in [1.82, 2.24) is 19.4 Å². The van der Waals surface area contributed by atoms with Crippen molar-refractivity contribution in [3.8, 4) is 0 Å². The third-order valence-corrected chi connectivity index (χ3v) is 6.81. The Morgan fingerprint density at radius 3 is 2.09 bits per heavy atom. The van der Waals surface area contributed by atoms with Gasteiger partial charge in [-0.25, -0.2) is 4.98 Å². The highest BCUT2D eigenvalue weighted by Crippen LogP contribution is 2.36. The van der Waals surface area contributed by atoms with Gasteiger partial charge in [-0.05, 0) is 30.0 Å². The number of aromatic nitrogens is 3. The van der Waals surface area contributed by atoms with Crippen molar-refractivity contribution in [3.63, 3.8) is 0 Å². The highest BCUT2D eigenvalue weighted by atomic mass is 16.2. The Morgan fingerprint density at radius 1 is 0.941 bits per heavy atom. The molecule has 6 nitrogen and oxygen atoms in total. The lowest BCUT2D eigenvalue weighted by Gasteiger charge is -2.29. The number of hydrogen-bond acceptors (Lipinski definition) is 4. The Labute approximate surface area is 200 Å². The first-order chi connectivity index (χ1) is 16.5. The molecule has 0 saturated heterocycles. The van der Waals surface area contributed by atoms with Gasteiger partial charge in [-0.2, -0.15) is 4.98 Å². The molecule has 1 aliphatic rings. The van der Waals surface area contributed by atoms with Crippen LogP contribution >= 0.6 is 0 Å². The number of hydrogen-bond donors (Lipinski definition) is 0. The molecule has 0 radical (unpaired) electrons. The van der Waals surface area contributed by atoms with Crippen LogP contribution in [0.3, 0.4) is 0 Å². The number of carbonyl (C=O) groups is 1. The van der Waals surface area contributed by atoms with E-state index in [1.165, 1.54) is 24.0 Å². The Balaban J connectivity index is 1.63. The Hall–Kier alpha value is -3.67. The van der Waals surface area contributed by atoms with Gasteiger partial charge in [0.1, 0.15) is 11.3 Å². The summed E-state index contributed by atoms with van der Waals surface area (Å²) < 4.78 is 2.17. The minimum absolute atomic E-state index is 0.00579. The van der Waals surface area contributed by atoms with E-state index in [0.717, 1.165) is 23.9 Å². The second kappa shape index (κ2) is 9.29. The minimum Gasteiger partial charge on any atom is -0.343 e. The summed E-state index contributed by atoms with van der Waals surface area (Å²) in [4.78, 5) is 26.6. The molecule has 0 bridgehead atoms. The fourth-order valence-electron chi connectivity index (χ4n) is 5.12. The molecule has 0 spiro atoms. The fraction of sp³-hybridized carbons (Fsp3) is 0.321. The van der Waals surface area contributed by atoms with E-state index >= 15 is 0 Å². The largest absolute Gasteiger partial charge is 0.343 e. The molecule has 2 heterocycles. The SMILES string of the molecule is CN(C)C(=O)c1cc2cnc(N(C)C(c3ccccc3)c3ccccc3)nc2n1C1CCCC1. The summed E-state index contributed by atoms with van der Waals surface area (Å²) in [6, 6.07) is 23.1. The van der Waals surface area contributed by atoms with Crippen LogP contribution in [-0.4, -0.2) is 46.5 Å². The van der Waals surface area contributed by atoms with E-state index in [0.29, 0.717) is 17.7 Å². The fourth-order valence-corrected chi connectivity index (χ4v) is 5.12. The molecule has 6 heteroatoms. The monoisotopic (exact) mass is 453 g/mol. The van der Waals surface area contributed by atoms with Crippen molar-refractivity contribution in [2.75, 3.05) is 26.0 Å². The van der Waals surface area contributed by atoms with Gasteiger partial charge in [0.25, 0.3) is 5.91 Å². The molecule has 2 aromatic carbocycles. The molecular weight excluding hydrogens is 422 g/mol. The number of rotatable bonds is 6. The molecule has 1 saturated carbocycles. The summed E-state index contributed by atoms with van der Waals surface area (Å²) in [6.45, 7) is 0. The topological polar surface area (TPSA) is 54.3 Å². The van der Waals surface area contributed by atoms with Crippen molar-refractivity contribution >= 4 is 22.9 Å². The lowest BCUT2D eigenvalue weighted by molar-refractivity contribution is 0.0815. The molecule has 1 aliphatic carbocycles. The zero-order valence-corrected chi connectivity index (χ0v) is 20.1. The van der Waals surface area contributed by atoms with Gasteiger partial charge >= 0.3 is 0 Å². The van der Waals surface area contributed by atoms with Crippen LogP contribution < -0.4 is 4.90 Å². The van der Waals surface area contributed by atoms with Crippen LogP contribution in [0.2, 0.25) is 0 Å². The van der Waals surface area contributed by atoms with E-state index < -0.39 is 0 Å². The maximum absolute atomic E-state index is 13.0. The minimum atomic E-state index is -0.0300. The van der Waals surface area contributed by atoms with Gasteiger partial charge in [0.2, 0.25) is 5.95 Å². The maximum Gasteiger partial charge on any atom is 0.270 e. The first-order valence-corrected chi connectivity index (χ1v) is 12.0. The molecule has 0 atom stereocenters. The van der Waals surface area contributed by atoms with Crippen molar-refractivity contribution < 1.29 is 4.79 Å². The summed E-state index contributed by atoms with van der Waals surface area (Å²) in [6.07, 6.45) is 6.37. The second-order valence-electron chi connectivity index (χ2n) is 9.32. The molecule has 0 aliphatic heterocycles. The summed E-state index contributed by atoms with van der Waals surface area (Å²) >= 11 is 0. The van der Waals surface area contributed by atoms with Gasteiger partial charge in [-0.15, -0.1) is 0 Å². The van der Waals surface area contributed by atoms with Crippen LogP contribution in [0.25, 0.3) is 11.0 Å². The van der Waals surface area contributed by atoms with E-state index in [-0.39, 0.29) is 11.9 Å². The van der Waals surface area contributed by atoms with E-state index in [2.05, 4.69) is 58.0 Å². The molecular formula is C28H31N5O. The Bertz CT molecular complexity index is 1240. The van der Waals surface area contributed by atoms with Crippen molar-refractivity contribution in [1.29, 1.82) is 0 Å². The molecule has 174 valence electrons. The third kappa shape index (κ3) is 4.04. The summed E-state index contributed by atoms with van der Waals surface area (Å²) in [5, 5.41) is 0.908. The van der Waals surface area contributed by atoms with E-state index in [1.807, 2.05) is 31.4 Å². The van der Waals surface area contributed by atoms with Gasteiger partial charge in [-0.1, -0.05) is 73.5 Å². The van der Waals surface area contributed by atoms with Crippen molar-refractivity contribution in [2.45, 2.75) is 37.8 Å². The van der Waals surface area contributed by atoms with Crippen molar-refractivity contribution in [3.05, 3.63) is 89.7 Å². The quantitative estimate of drug-likeness (QED) is 0.388. The summed E-state index contributed by atoms with van der Waals surface area (Å²) in [5.74, 6) is 0.651. The highest BCUT2D eigenvalue weighted by Gasteiger charge is 2.28. The van der Waals surface area contributed by atoms with Gasteiger partial charge in [0.05, 0.1) is 6.04 Å². The standard InChI is InChI=1S/C28H31N5O/c1-31(2)27(34)24-18-22-19-29-28(30-26(22)33(24)23-16-10-11-17-23)32(3)25(20-12-6-4-7-13-20)21-14-8-5-9-15-21/h4-9,12-15,18-19,23,25H,10-11,16-17H2,1-3H3. The molecule has 0 unspecified atom stereocenters. The van der Waals surface area contributed by atoms with Gasteiger partial charge in [-0.3, -0.25) is 4.79 Å². The zero-order valence-electron chi connectivity index (χ0n) is 20.1. The van der Waals surface area contributed by atoms with E-state index in [4.69, 9.17) is 9.97 Å². The number of nitrogens with zero attached hydrogens (tertiary/aromatic N) is 5.